The molecule has 0 saturated carbocycles. The zero-order chi connectivity index (χ0) is 8.28. The van der Waals surface area contributed by atoms with E-state index in [4.69, 9.17) is 4.21 Å². The van der Waals surface area contributed by atoms with Crippen molar-refractivity contribution in [1.29, 1.82) is 4.21 Å². The van der Waals surface area contributed by atoms with E-state index in [1.807, 2.05) is 20.3 Å². The van der Waals surface area contributed by atoms with E-state index < -0.39 is 0 Å². The molecule has 1 N–H and O–H groups in total. The number of hydrogen-bond donors (Lipinski definition) is 1. The molecule has 9 heavy (non-hydrogen) atoms. The van der Waals surface area contributed by atoms with Gasteiger partial charge in [-0.15, -0.1) is 0 Å². The summed E-state index contributed by atoms with van der Waals surface area (Å²) in [5.74, 6) is 0.583. The van der Waals surface area contributed by atoms with Crippen molar-refractivity contribution in [1.82, 2.24) is 0 Å². The molecule has 0 aliphatic carbocycles. The molecule has 0 aliphatic rings. The summed E-state index contributed by atoms with van der Waals surface area (Å²) >= 11 is 1.56. The Hall–Kier alpha value is 0.384. The molecule has 1 nitrogen and oxygen atoms in total. The van der Waals surface area contributed by atoms with Crippen LogP contribution >= 0.6 is 0 Å². The molecule has 0 aromatic carbocycles. The van der Waals surface area contributed by atoms with Crippen LogP contribution in [0, 0.1) is 23.5 Å². The second-order valence-corrected chi connectivity index (χ2v) is 1.97. The summed E-state index contributed by atoms with van der Waals surface area (Å²) in [6, 6.07) is 0. The third-order valence-electron chi connectivity index (χ3n) is 0. The van der Waals surface area contributed by atoms with Gasteiger partial charge in [0.25, 0.3) is 0 Å². The van der Waals surface area contributed by atoms with Crippen LogP contribution in [-0.2, 0) is 17.2 Å². The second-order valence-electron chi connectivity index (χ2n) is 1.97. The SMILES string of the molecule is C[CH-]C.[CH2-]C(C)C.[NH]=[V+2]. The average Bonchev–Trinajstić information content (AvgIpc) is 1.71. The van der Waals surface area contributed by atoms with Gasteiger partial charge in [0.15, 0.2) is 0 Å². The summed E-state index contributed by atoms with van der Waals surface area (Å²) in [4.78, 5) is 0. The van der Waals surface area contributed by atoms with Crippen LogP contribution in [0.5, 0.6) is 0 Å². The predicted octanol–water partition coefficient (Wildman–Crippen LogP) is 3.00. The predicted molar refractivity (Wildman–Crippen MR) is 38.6 cm³/mol. The van der Waals surface area contributed by atoms with E-state index >= 15 is 0 Å². The first-order chi connectivity index (χ1) is 4.15. The molecule has 0 amide bonds. The molecule has 2 heteroatoms. The average molecular weight is 166 g/mol. The molecular weight excluding hydrogens is 149 g/mol. The molecule has 0 fully saturated rings. The van der Waals surface area contributed by atoms with Crippen LogP contribution in [-0.4, -0.2) is 0 Å². The molecule has 0 spiro atoms. The Morgan fingerprint density at radius 2 is 1.33 bits per heavy atom. The van der Waals surface area contributed by atoms with E-state index in [9.17, 15) is 0 Å². The maximum atomic E-state index is 5.69. The Labute approximate surface area is 68.8 Å². The van der Waals surface area contributed by atoms with Crippen LogP contribution in [0.3, 0.4) is 0 Å². The molecule has 0 saturated heterocycles. The molecule has 0 atom stereocenters. The fourth-order valence-corrected chi connectivity index (χ4v) is 0. The van der Waals surface area contributed by atoms with Crippen molar-refractivity contribution in [2.45, 2.75) is 27.7 Å². The van der Waals surface area contributed by atoms with Crippen molar-refractivity contribution in [2.75, 3.05) is 0 Å². The quantitative estimate of drug-likeness (QED) is 0.535. The van der Waals surface area contributed by atoms with Crippen LogP contribution in [0.4, 0.5) is 0 Å². The second kappa shape index (κ2) is 23.8. The minimum absolute atomic E-state index is 0.583. The Morgan fingerprint density at radius 1 is 1.33 bits per heavy atom. The maximum absolute atomic E-state index is 5.69. The van der Waals surface area contributed by atoms with Crippen LogP contribution < -0.4 is 0 Å². The van der Waals surface area contributed by atoms with Crippen LogP contribution in [0.15, 0.2) is 0 Å². The topological polar surface area (TPSA) is 23.9 Å². The van der Waals surface area contributed by atoms with E-state index in [-0.39, 0.29) is 0 Å². The Kier molecular flexibility index (Phi) is 42.8. The summed E-state index contributed by atoms with van der Waals surface area (Å²) in [7, 11) is 0. The van der Waals surface area contributed by atoms with Crippen molar-refractivity contribution in [3.63, 3.8) is 0 Å². The van der Waals surface area contributed by atoms with Gasteiger partial charge >= 0.3 is 21.4 Å². The van der Waals surface area contributed by atoms with E-state index in [0.717, 1.165) is 0 Å². The molecule has 0 aliphatic heterocycles. The van der Waals surface area contributed by atoms with Gasteiger partial charge in [0.1, 0.15) is 0 Å². The van der Waals surface area contributed by atoms with Crippen molar-refractivity contribution >= 4 is 0 Å². The van der Waals surface area contributed by atoms with Gasteiger partial charge in [-0.05, 0) is 0 Å². The molecule has 0 rings (SSSR count). The van der Waals surface area contributed by atoms with E-state index in [1.165, 1.54) is 0 Å². The Balaban J connectivity index is -0.0000000646. The molecule has 0 aromatic heterocycles. The summed E-state index contributed by atoms with van der Waals surface area (Å²) < 4.78 is 5.69. The number of rotatable bonds is 0. The molecule has 0 unspecified atom stereocenters. The van der Waals surface area contributed by atoms with Gasteiger partial charge in [-0.3, -0.25) is 0 Å². The van der Waals surface area contributed by atoms with E-state index in [0.29, 0.717) is 5.92 Å². The van der Waals surface area contributed by atoms with Gasteiger partial charge in [-0.1, -0.05) is 13.8 Å². The fourth-order valence-electron chi connectivity index (χ4n) is 0. The Bertz CT molecular complexity index is 27.3. The van der Waals surface area contributed by atoms with Gasteiger partial charge in [0.2, 0.25) is 0 Å². The van der Waals surface area contributed by atoms with Gasteiger partial charge in [0, 0.05) is 0 Å². The normalized spacial score (nSPS) is 6.67. The summed E-state index contributed by atoms with van der Waals surface area (Å²) in [6.45, 7) is 11.8. The summed E-state index contributed by atoms with van der Waals surface area (Å²) in [6.07, 6.45) is 2.00. The summed E-state index contributed by atoms with van der Waals surface area (Å²) in [5, 5.41) is 0. The number of hydrogen-bond acceptors (Lipinski definition) is 1. The van der Waals surface area contributed by atoms with Crippen molar-refractivity contribution in [3.05, 3.63) is 13.3 Å². The molecule has 0 radical (unpaired) electrons. The van der Waals surface area contributed by atoms with E-state index in [1.54, 1.807) is 17.2 Å². The standard InChI is InChI=1S/C4H9.C3H7.HN.V/c1-4(2)3;1-3-2;;/h4H,1H2,2-3H3;3H,1-2H3;1H;/q2*-1;;+2. The van der Waals surface area contributed by atoms with Crippen molar-refractivity contribution in [3.8, 4) is 0 Å². The van der Waals surface area contributed by atoms with Gasteiger partial charge in [0.05, 0.1) is 0 Å². The van der Waals surface area contributed by atoms with E-state index in [2.05, 4.69) is 20.8 Å². The molecular formula is C7H17NV. The van der Waals surface area contributed by atoms with Crippen molar-refractivity contribution in [2.24, 2.45) is 5.92 Å². The van der Waals surface area contributed by atoms with Crippen molar-refractivity contribution < 1.29 is 17.2 Å². The van der Waals surface area contributed by atoms with Gasteiger partial charge in [-0.25, -0.2) is 0 Å². The monoisotopic (exact) mass is 166 g/mol. The zero-order valence-electron chi connectivity index (χ0n) is 6.81. The first kappa shape index (κ1) is 16.2. The summed E-state index contributed by atoms with van der Waals surface area (Å²) in [5.41, 5.74) is 0. The molecule has 0 heterocycles. The van der Waals surface area contributed by atoms with Crippen LogP contribution in [0.1, 0.15) is 27.7 Å². The van der Waals surface area contributed by atoms with Crippen LogP contribution in [0.25, 0.3) is 0 Å². The third kappa shape index (κ3) is 2310. The molecule has 0 aromatic rings. The number of nitrogens with one attached hydrogen (secondary N) is 1. The minimum atomic E-state index is 0.583. The molecule has 55 valence electrons. The third-order valence-corrected chi connectivity index (χ3v) is 0. The fraction of sp³-hybridized carbons (Fsp3) is 0.714. The zero-order valence-corrected chi connectivity index (χ0v) is 8.21. The Morgan fingerprint density at radius 3 is 1.33 bits per heavy atom. The first-order valence-corrected chi connectivity index (χ1v) is 3.64. The van der Waals surface area contributed by atoms with Gasteiger partial charge < -0.3 is 13.3 Å². The van der Waals surface area contributed by atoms with Crippen LogP contribution in [0.2, 0.25) is 0 Å². The molecule has 0 bridgehead atoms. The van der Waals surface area contributed by atoms with Gasteiger partial charge in [-0.2, -0.15) is 19.8 Å². The first-order valence-electron chi connectivity index (χ1n) is 2.94.